The number of nitro benzene ring substituents is 1. The van der Waals surface area contributed by atoms with Crippen molar-refractivity contribution in [3.8, 4) is 5.75 Å². The van der Waals surface area contributed by atoms with Crippen LogP contribution in [0.2, 0.25) is 10.0 Å². The van der Waals surface area contributed by atoms with Crippen molar-refractivity contribution in [2.45, 2.75) is 0 Å². The standard InChI is InChI=1S/C10H8Cl3NO3/c1-6(4-11)5-17-10-8(12)2-7(14(15)16)3-9(10)13/h2-3H,1,4-5H2. The second-order valence-corrected chi connectivity index (χ2v) is 4.25. The first kappa shape index (κ1) is 14.1. The van der Waals surface area contributed by atoms with Crippen LogP contribution in [0.1, 0.15) is 0 Å². The lowest BCUT2D eigenvalue weighted by Gasteiger charge is -2.10. The predicted molar refractivity (Wildman–Crippen MR) is 68.5 cm³/mol. The molecule has 0 heterocycles. The Kier molecular flexibility index (Phi) is 5.05. The van der Waals surface area contributed by atoms with Gasteiger partial charge in [0.1, 0.15) is 6.61 Å². The van der Waals surface area contributed by atoms with E-state index >= 15 is 0 Å². The van der Waals surface area contributed by atoms with Gasteiger partial charge in [0.25, 0.3) is 5.69 Å². The lowest BCUT2D eigenvalue weighted by atomic mass is 10.3. The molecular weight excluding hydrogens is 288 g/mol. The van der Waals surface area contributed by atoms with Crippen molar-refractivity contribution in [3.63, 3.8) is 0 Å². The smallest absolute Gasteiger partial charge is 0.272 e. The molecular formula is C10H8Cl3NO3. The van der Waals surface area contributed by atoms with Crippen LogP contribution < -0.4 is 4.74 Å². The van der Waals surface area contributed by atoms with Crippen LogP contribution >= 0.6 is 34.8 Å². The minimum Gasteiger partial charge on any atom is -0.486 e. The van der Waals surface area contributed by atoms with E-state index in [1.807, 2.05) is 0 Å². The van der Waals surface area contributed by atoms with Gasteiger partial charge in [0.05, 0.1) is 15.0 Å². The molecule has 0 atom stereocenters. The minimum atomic E-state index is -0.584. The fraction of sp³-hybridized carbons (Fsp3) is 0.200. The molecule has 0 saturated heterocycles. The monoisotopic (exact) mass is 295 g/mol. The molecule has 0 aliphatic rings. The molecule has 7 heteroatoms. The van der Waals surface area contributed by atoms with Crippen molar-refractivity contribution in [1.82, 2.24) is 0 Å². The summed E-state index contributed by atoms with van der Waals surface area (Å²) < 4.78 is 5.28. The van der Waals surface area contributed by atoms with Gasteiger partial charge in [-0.05, 0) is 5.57 Å². The van der Waals surface area contributed by atoms with Crippen LogP contribution in [0.3, 0.4) is 0 Å². The van der Waals surface area contributed by atoms with Crippen molar-refractivity contribution in [2.75, 3.05) is 12.5 Å². The van der Waals surface area contributed by atoms with Gasteiger partial charge in [-0.25, -0.2) is 0 Å². The molecule has 0 fully saturated rings. The predicted octanol–water partition coefficient (Wildman–Crippen LogP) is 4.08. The zero-order chi connectivity index (χ0) is 13.0. The van der Waals surface area contributed by atoms with Gasteiger partial charge >= 0.3 is 0 Å². The maximum absolute atomic E-state index is 10.5. The van der Waals surface area contributed by atoms with Crippen LogP contribution in [0.4, 0.5) is 5.69 Å². The van der Waals surface area contributed by atoms with Crippen LogP contribution in [0, 0.1) is 10.1 Å². The minimum absolute atomic E-state index is 0.0755. The maximum atomic E-state index is 10.5. The number of hydrogen-bond donors (Lipinski definition) is 0. The van der Waals surface area contributed by atoms with Gasteiger partial charge in [-0.1, -0.05) is 29.8 Å². The second-order valence-electron chi connectivity index (χ2n) is 3.17. The van der Waals surface area contributed by atoms with E-state index in [-0.39, 0.29) is 34.0 Å². The number of nitrogens with zero attached hydrogens (tertiary/aromatic N) is 1. The van der Waals surface area contributed by atoms with E-state index < -0.39 is 4.92 Å². The Labute approximate surface area is 113 Å². The van der Waals surface area contributed by atoms with E-state index in [2.05, 4.69) is 6.58 Å². The molecule has 0 aliphatic carbocycles. The van der Waals surface area contributed by atoms with E-state index in [1.54, 1.807) is 0 Å². The molecule has 1 aromatic rings. The molecule has 1 rings (SSSR count). The number of halogens is 3. The Hall–Kier alpha value is -0.970. The summed E-state index contributed by atoms with van der Waals surface area (Å²) in [6.45, 7) is 3.80. The average Bonchev–Trinajstić information content (AvgIpc) is 2.27. The molecule has 0 unspecified atom stereocenters. The van der Waals surface area contributed by atoms with Crippen LogP contribution in [-0.2, 0) is 0 Å². The summed E-state index contributed by atoms with van der Waals surface area (Å²) in [7, 11) is 0. The van der Waals surface area contributed by atoms with E-state index in [4.69, 9.17) is 39.5 Å². The second kappa shape index (κ2) is 6.10. The average molecular weight is 297 g/mol. The van der Waals surface area contributed by atoms with Gasteiger partial charge in [-0.3, -0.25) is 10.1 Å². The third-order valence-corrected chi connectivity index (χ3v) is 2.74. The fourth-order valence-electron chi connectivity index (χ4n) is 1.00. The summed E-state index contributed by atoms with van der Waals surface area (Å²) >= 11 is 17.2. The number of nitro groups is 1. The summed E-state index contributed by atoms with van der Waals surface area (Å²) in [6.07, 6.45) is 0. The van der Waals surface area contributed by atoms with Gasteiger partial charge in [0.2, 0.25) is 0 Å². The van der Waals surface area contributed by atoms with Crippen molar-refractivity contribution in [1.29, 1.82) is 0 Å². The highest BCUT2D eigenvalue weighted by Gasteiger charge is 2.15. The Balaban J connectivity index is 2.94. The number of rotatable bonds is 5. The molecule has 4 nitrogen and oxygen atoms in total. The van der Waals surface area contributed by atoms with E-state index in [0.29, 0.717) is 5.57 Å². The molecule has 17 heavy (non-hydrogen) atoms. The van der Waals surface area contributed by atoms with Crippen LogP contribution in [0.25, 0.3) is 0 Å². The van der Waals surface area contributed by atoms with Gasteiger partial charge in [-0.2, -0.15) is 0 Å². The number of hydrogen-bond acceptors (Lipinski definition) is 3. The molecule has 0 bridgehead atoms. The first-order valence-corrected chi connectivity index (χ1v) is 5.73. The first-order chi connectivity index (χ1) is 7.95. The maximum Gasteiger partial charge on any atom is 0.272 e. The Morgan fingerprint density at radius 3 is 2.35 bits per heavy atom. The van der Waals surface area contributed by atoms with Crippen LogP contribution in [0.15, 0.2) is 24.3 Å². The first-order valence-electron chi connectivity index (χ1n) is 4.44. The largest absolute Gasteiger partial charge is 0.486 e. The Morgan fingerprint density at radius 1 is 1.41 bits per heavy atom. The summed E-state index contributed by atoms with van der Waals surface area (Å²) in [5.74, 6) is 0.438. The fourth-order valence-corrected chi connectivity index (χ4v) is 1.66. The molecule has 92 valence electrons. The van der Waals surface area contributed by atoms with Crippen LogP contribution in [-0.4, -0.2) is 17.4 Å². The van der Waals surface area contributed by atoms with Crippen LogP contribution in [0.5, 0.6) is 5.75 Å². The number of alkyl halides is 1. The van der Waals surface area contributed by atoms with Gasteiger partial charge in [-0.15, -0.1) is 11.6 Å². The number of benzene rings is 1. The number of non-ortho nitro benzene ring substituents is 1. The quantitative estimate of drug-likeness (QED) is 0.356. The van der Waals surface area contributed by atoms with Crippen molar-refractivity contribution >= 4 is 40.5 Å². The highest BCUT2D eigenvalue weighted by atomic mass is 35.5. The summed E-state index contributed by atoms with van der Waals surface area (Å²) in [6, 6.07) is 2.35. The SMILES string of the molecule is C=C(CCl)COc1c(Cl)cc([N+](=O)[O-])cc1Cl. The van der Waals surface area contributed by atoms with Crippen molar-refractivity contribution < 1.29 is 9.66 Å². The van der Waals surface area contributed by atoms with E-state index in [9.17, 15) is 10.1 Å². The number of ether oxygens (including phenoxy) is 1. The lowest BCUT2D eigenvalue weighted by molar-refractivity contribution is -0.384. The lowest BCUT2D eigenvalue weighted by Crippen LogP contribution is -2.02. The van der Waals surface area contributed by atoms with E-state index in [0.717, 1.165) is 0 Å². The van der Waals surface area contributed by atoms with Gasteiger partial charge in [0.15, 0.2) is 5.75 Å². The third kappa shape index (κ3) is 3.77. The topological polar surface area (TPSA) is 52.4 Å². The summed E-state index contributed by atoms with van der Waals surface area (Å²) in [5, 5.41) is 10.7. The summed E-state index contributed by atoms with van der Waals surface area (Å²) in [5.41, 5.74) is 0.459. The molecule has 1 aromatic carbocycles. The van der Waals surface area contributed by atoms with Crippen molar-refractivity contribution in [3.05, 3.63) is 44.4 Å². The Bertz CT molecular complexity index is 439. The normalized spacial score (nSPS) is 10.1. The Morgan fingerprint density at radius 2 is 1.94 bits per heavy atom. The third-order valence-electron chi connectivity index (χ3n) is 1.80. The molecule has 0 amide bonds. The van der Waals surface area contributed by atoms with E-state index in [1.165, 1.54) is 12.1 Å². The van der Waals surface area contributed by atoms with Gasteiger partial charge < -0.3 is 4.74 Å². The highest BCUT2D eigenvalue weighted by molar-refractivity contribution is 6.37. The highest BCUT2D eigenvalue weighted by Crippen LogP contribution is 2.36. The zero-order valence-electron chi connectivity index (χ0n) is 8.58. The molecule has 0 aliphatic heterocycles. The molecule has 0 saturated carbocycles. The summed E-state index contributed by atoms with van der Waals surface area (Å²) in [4.78, 5) is 9.96. The van der Waals surface area contributed by atoms with Gasteiger partial charge in [0, 0.05) is 18.0 Å². The molecule has 0 radical (unpaired) electrons. The zero-order valence-corrected chi connectivity index (χ0v) is 10.8. The molecule has 0 spiro atoms. The molecule has 0 N–H and O–H groups in total. The van der Waals surface area contributed by atoms with Crippen molar-refractivity contribution in [2.24, 2.45) is 0 Å². The molecule has 0 aromatic heterocycles.